The van der Waals surface area contributed by atoms with Crippen molar-refractivity contribution in [2.45, 2.75) is 13.8 Å². The van der Waals surface area contributed by atoms with E-state index in [0.717, 1.165) is 17.2 Å². The molecular formula is C10H15N3. The molecule has 70 valence electrons. The summed E-state index contributed by atoms with van der Waals surface area (Å²) in [7, 11) is 3.96. The number of likely N-dealkylation sites (N-methyl/N-ethyl adjacent to an activating group) is 1. The van der Waals surface area contributed by atoms with E-state index in [-0.39, 0.29) is 0 Å². The van der Waals surface area contributed by atoms with Gasteiger partial charge in [0.15, 0.2) is 0 Å². The van der Waals surface area contributed by atoms with E-state index in [0.29, 0.717) is 0 Å². The zero-order valence-corrected chi connectivity index (χ0v) is 8.57. The molecule has 0 N–H and O–H groups in total. The van der Waals surface area contributed by atoms with E-state index in [1.165, 1.54) is 0 Å². The Morgan fingerprint density at radius 2 is 1.92 bits per heavy atom. The Hall–Kier alpha value is -1.38. The van der Waals surface area contributed by atoms with E-state index >= 15 is 0 Å². The van der Waals surface area contributed by atoms with Crippen molar-refractivity contribution < 1.29 is 0 Å². The number of hydrogen-bond acceptors (Lipinski definition) is 3. The van der Waals surface area contributed by atoms with Crippen molar-refractivity contribution in [2.24, 2.45) is 9.98 Å². The molecule has 3 heteroatoms. The fraction of sp³-hybridized carbons (Fsp3) is 0.400. The van der Waals surface area contributed by atoms with Gasteiger partial charge in [0.2, 0.25) is 0 Å². The van der Waals surface area contributed by atoms with Gasteiger partial charge in [-0.15, -0.1) is 0 Å². The molecule has 3 nitrogen and oxygen atoms in total. The van der Waals surface area contributed by atoms with Gasteiger partial charge >= 0.3 is 0 Å². The van der Waals surface area contributed by atoms with Gasteiger partial charge in [-0.1, -0.05) is 6.08 Å². The van der Waals surface area contributed by atoms with Crippen molar-refractivity contribution in [3.8, 4) is 0 Å². The second kappa shape index (κ2) is 4.03. The van der Waals surface area contributed by atoms with E-state index in [9.17, 15) is 0 Å². The molecule has 0 amide bonds. The highest BCUT2D eigenvalue weighted by atomic mass is 15.1. The van der Waals surface area contributed by atoms with Crippen LogP contribution in [0.2, 0.25) is 0 Å². The van der Waals surface area contributed by atoms with Crippen LogP contribution >= 0.6 is 0 Å². The summed E-state index contributed by atoms with van der Waals surface area (Å²) in [5.74, 6) is 1.75. The largest absolute Gasteiger partial charge is 0.362 e. The second-order valence-corrected chi connectivity index (χ2v) is 3.20. The van der Waals surface area contributed by atoms with Gasteiger partial charge in [-0.25, -0.2) is 9.98 Å². The van der Waals surface area contributed by atoms with Gasteiger partial charge in [0.1, 0.15) is 11.7 Å². The minimum Gasteiger partial charge on any atom is -0.362 e. The molecule has 1 aliphatic heterocycles. The summed E-state index contributed by atoms with van der Waals surface area (Å²) < 4.78 is 0. The summed E-state index contributed by atoms with van der Waals surface area (Å²) >= 11 is 0. The van der Waals surface area contributed by atoms with E-state index in [1.54, 1.807) is 6.20 Å². The Bertz CT molecular complexity index is 306. The minimum atomic E-state index is 0.785. The molecule has 1 heterocycles. The molecule has 0 unspecified atom stereocenters. The topological polar surface area (TPSA) is 28.0 Å². The molecule has 0 aromatic heterocycles. The van der Waals surface area contributed by atoms with Crippen LogP contribution in [0.4, 0.5) is 0 Å². The number of aliphatic imine (C=N–C) groups is 2. The lowest BCUT2D eigenvalue weighted by atomic mass is 10.2. The smallest absolute Gasteiger partial charge is 0.133 e. The van der Waals surface area contributed by atoms with Crippen LogP contribution in [0.15, 0.2) is 33.9 Å². The van der Waals surface area contributed by atoms with Gasteiger partial charge in [-0.3, -0.25) is 0 Å². The third kappa shape index (κ3) is 2.54. The number of allylic oxidation sites excluding steroid dienone is 2. The van der Waals surface area contributed by atoms with Crippen LogP contribution in [0.1, 0.15) is 13.8 Å². The molecule has 1 aliphatic rings. The average Bonchev–Trinajstić information content (AvgIpc) is 2.04. The third-order valence-corrected chi connectivity index (χ3v) is 1.74. The lowest BCUT2D eigenvalue weighted by Crippen LogP contribution is -2.24. The summed E-state index contributed by atoms with van der Waals surface area (Å²) in [5, 5.41) is 0. The second-order valence-electron chi connectivity index (χ2n) is 3.20. The van der Waals surface area contributed by atoms with Gasteiger partial charge in [0.05, 0.1) is 0 Å². The van der Waals surface area contributed by atoms with Crippen molar-refractivity contribution in [1.82, 2.24) is 4.90 Å². The monoisotopic (exact) mass is 177 g/mol. The molecule has 0 aliphatic carbocycles. The highest BCUT2D eigenvalue weighted by Gasteiger charge is 2.05. The van der Waals surface area contributed by atoms with Crippen LogP contribution in [-0.4, -0.2) is 30.7 Å². The first-order valence-corrected chi connectivity index (χ1v) is 4.25. The molecule has 0 bridgehead atoms. The highest BCUT2D eigenvalue weighted by Crippen LogP contribution is 2.04. The maximum absolute atomic E-state index is 4.39. The molecule has 0 fully saturated rings. The van der Waals surface area contributed by atoms with Crippen LogP contribution in [0.25, 0.3) is 0 Å². The molecule has 0 aromatic rings. The number of hydrogen-bond donors (Lipinski definition) is 0. The van der Waals surface area contributed by atoms with Crippen molar-refractivity contribution >= 4 is 11.7 Å². The molecule has 0 spiro atoms. The first kappa shape index (κ1) is 9.71. The van der Waals surface area contributed by atoms with Gasteiger partial charge in [-0.05, 0) is 25.5 Å². The number of rotatable bonds is 0. The van der Waals surface area contributed by atoms with Crippen molar-refractivity contribution in [3.63, 3.8) is 0 Å². The number of amidine groups is 2. The van der Waals surface area contributed by atoms with E-state index in [1.807, 2.05) is 45.0 Å². The Morgan fingerprint density at radius 3 is 2.54 bits per heavy atom. The SMILES string of the molecule is CC1=CC=CN=C(C)N=C1N(C)C. The molecule has 13 heavy (non-hydrogen) atoms. The van der Waals surface area contributed by atoms with Crippen LogP contribution in [0, 0.1) is 0 Å². The van der Waals surface area contributed by atoms with Crippen LogP contribution in [0.3, 0.4) is 0 Å². The quantitative estimate of drug-likeness (QED) is 0.555. The number of nitrogens with zero attached hydrogens (tertiary/aromatic N) is 3. The van der Waals surface area contributed by atoms with E-state index < -0.39 is 0 Å². The van der Waals surface area contributed by atoms with Gasteiger partial charge < -0.3 is 4.90 Å². The molecule has 0 aromatic carbocycles. The molecule has 0 saturated carbocycles. The predicted molar refractivity (Wildman–Crippen MR) is 57.1 cm³/mol. The maximum atomic E-state index is 4.39. The van der Waals surface area contributed by atoms with Gasteiger partial charge in [-0.2, -0.15) is 0 Å². The lowest BCUT2D eigenvalue weighted by molar-refractivity contribution is 0.623. The third-order valence-electron chi connectivity index (χ3n) is 1.74. The minimum absolute atomic E-state index is 0.785. The molecule has 0 atom stereocenters. The fourth-order valence-electron chi connectivity index (χ4n) is 1.14. The lowest BCUT2D eigenvalue weighted by Gasteiger charge is -2.16. The summed E-state index contributed by atoms with van der Waals surface area (Å²) in [5.41, 5.74) is 1.15. The van der Waals surface area contributed by atoms with E-state index in [2.05, 4.69) is 9.98 Å². The summed E-state index contributed by atoms with van der Waals surface area (Å²) in [6.45, 7) is 3.94. The molecular weight excluding hydrogens is 162 g/mol. The Morgan fingerprint density at radius 1 is 1.23 bits per heavy atom. The zero-order chi connectivity index (χ0) is 9.84. The summed E-state index contributed by atoms with van der Waals surface area (Å²) in [6.07, 6.45) is 5.70. The Kier molecular flexibility index (Phi) is 3.01. The first-order chi connectivity index (χ1) is 6.11. The highest BCUT2D eigenvalue weighted by molar-refractivity contribution is 6.05. The zero-order valence-electron chi connectivity index (χ0n) is 8.57. The summed E-state index contributed by atoms with van der Waals surface area (Å²) in [4.78, 5) is 10.5. The van der Waals surface area contributed by atoms with Crippen LogP contribution < -0.4 is 0 Å². The van der Waals surface area contributed by atoms with Crippen LogP contribution in [-0.2, 0) is 0 Å². The standard InChI is InChI=1S/C10H15N3/c1-8-6-5-7-11-9(2)12-10(8)13(3)4/h5-7H,1-4H3. The van der Waals surface area contributed by atoms with Gasteiger partial charge in [0.25, 0.3) is 0 Å². The Balaban J connectivity index is 3.07. The van der Waals surface area contributed by atoms with Crippen LogP contribution in [0.5, 0.6) is 0 Å². The normalized spacial score (nSPS) is 16.8. The predicted octanol–water partition coefficient (Wildman–Crippen LogP) is 1.84. The van der Waals surface area contributed by atoms with Crippen molar-refractivity contribution in [3.05, 3.63) is 23.9 Å². The van der Waals surface area contributed by atoms with E-state index in [4.69, 9.17) is 0 Å². The first-order valence-electron chi connectivity index (χ1n) is 4.25. The van der Waals surface area contributed by atoms with Crippen molar-refractivity contribution in [2.75, 3.05) is 14.1 Å². The van der Waals surface area contributed by atoms with Crippen molar-refractivity contribution in [1.29, 1.82) is 0 Å². The average molecular weight is 177 g/mol. The summed E-state index contributed by atoms with van der Waals surface area (Å²) in [6, 6.07) is 0. The Labute approximate surface area is 79.2 Å². The maximum Gasteiger partial charge on any atom is 0.133 e. The fourth-order valence-corrected chi connectivity index (χ4v) is 1.14. The molecule has 0 saturated heterocycles. The molecule has 0 radical (unpaired) electrons. The molecule has 1 rings (SSSR count). The van der Waals surface area contributed by atoms with Gasteiger partial charge in [0, 0.05) is 20.3 Å².